The first-order valence-corrected chi connectivity index (χ1v) is 8.12. The Morgan fingerprint density at radius 3 is 2.48 bits per heavy atom. The lowest BCUT2D eigenvalue weighted by molar-refractivity contribution is -0.00484. The zero-order chi connectivity index (χ0) is 14.7. The van der Waals surface area contributed by atoms with Crippen molar-refractivity contribution in [1.82, 2.24) is 9.80 Å². The van der Waals surface area contributed by atoms with E-state index in [1.165, 1.54) is 12.5 Å². The van der Waals surface area contributed by atoms with Crippen LogP contribution in [0.3, 0.4) is 0 Å². The summed E-state index contributed by atoms with van der Waals surface area (Å²) in [7, 11) is 0. The largest absolute Gasteiger partial charge is 0.391 e. The van der Waals surface area contributed by atoms with Gasteiger partial charge in [0.05, 0.1) is 6.10 Å². The summed E-state index contributed by atoms with van der Waals surface area (Å²) >= 11 is 0. The number of nitrogens with zero attached hydrogens (tertiary/aromatic N) is 2. The van der Waals surface area contributed by atoms with Gasteiger partial charge < -0.3 is 5.11 Å². The molecule has 1 aromatic carbocycles. The van der Waals surface area contributed by atoms with Crippen molar-refractivity contribution >= 4 is 0 Å². The molecule has 1 saturated heterocycles. The minimum atomic E-state index is -0.156. The van der Waals surface area contributed by atoms with E-state index >= 15 is 0 Å². The Labute approximate surface area is 126 Å². The van der Waals surface area contributed by atoms with Crippen molar-refractivity contribution in [1.29, 1.82) is 0 Å². The van der Waals surface area contributed by atoms with E-state index in [4.69, 9.17) is 0 Å². The highest BCUT2D eigenvalue weighted by Crippen LogP contribution is 2.24. The minimum absolute atomic E-state index is 0.109. The summed E-state index contributed by atoms with van der Waals surface area (Å²) < 4.78 is 13.7. The third-order valence-corrected chi connectivity index (χ3v) is 4.92. The van der Waals surface area contributed by atoms with E-state index in [1.807, 2.05) is 12.1 Å². The third kappa shape index (κ3) is 3.62. The maximum absolute atomic E-state index is 13.7. The quantitative estimate of drug-likeness (QED) is 0.925. The number of hydrogen-bond acceptors (Lipinski definition) is 3. The van der Waals surface area contributed by atoms with Gasteiger partial charge in [-0.25, -0.2) is 4.39 Å². The van der Waals surface area contributed by atoms with Crippen LogP contribution >= 0.6 is 0 Å². The lowest BCUT2D eigenvalue weighted by atomic mass is 9.91. The third-order valence-electron chi connectivity index (χ3n) is 4.92. The normalized spacial score (nSPS) is 28.7. The van der Waals surface area contributed by atoms with Crippen molar-refractivity contribution in [2.24, 2.45) is 0 Å². The van der Waals surface area contributed by atoms with Crippen LogP contribution in [0.5, 0.6) is 0 Å². The predicted molar refractivity (Wildman–Crippen MR) is 81.5 cm³/mol. The van der Waals surface area contributed by atoms with E-state index in [2.05, 4.69) is 9.80 Å². The van der Waals surface area contributed by atoms with E-state index < -0.39 is 0 Å². The lowest BCUT2D eigenvalue weighted by Gasteiger charge is -2.42. The molecule has 1 aliphatic heterocycles. The highest BCUT2D eigenvalue weighted by molar-refractivity contribution is 5.17. The summed E-state index contributed by atoms with van der Waals surface area (Å²) in [5, 5.41) is 10.2. The first kappa shape index (κ1) is 14.9. The standard InChI is InChI=1S/C17H25FN2O/c18-15-6-2-1-5-14(15)13-19-9-11-20(12-10-19)16-7-3-4-8-17(16)21/h1-2,5-6,16-17,21H,3-4,7-13H2. The Balaban J connectivity index is 1.52. The molecule has 3 nitrogen and oxygen atoms in total. The van der Waals surface area contributed by atoms with E-state index in [-0.39, 0.29) is 11.9 Å². The summed E-state index contributed by atoms with van der Waals surface area (Å²) in [6.07, 6.45) is 4.30. The van der Waals surface area contributed by atoms with Gasteiger partial charge in [-0.2, -0.15) is 0 Å². The molecule has 0 spiro atoms. The molecule has 0 radical (unpaired) electrons. The van der Waals surface area contributed by atoms with Gasteiger partial charge in [0.15, 0.2) is 0 Å². The molecule has 1 N–H and O–H groups in total. The molecule has 2 atom stereocenters. The molecule has 1 aromatic rings. The zero-order valence-corrected chi connectivity index (χ0v) is 12.5. The van der Waals surface area contributed by atoms with Gasteiger partial charge in [-0.1, -0.05) is 31.0 Å². The summed E-state index contributed by atoms with van der Waals surface area (Å²) in [5.41, 5.74) is 0.781. The average molecular weight is 292 g/mol. The summed E-state index contributed by atoms with van der Waals surface area (Å²) in [5.74, 6) is -0.109. The first-order chi connectivity index (χ1) is 10.2. The Morgan fingerprint density at radius 1 is 1.05 bits per heavy atom. The molecule has 2 unspecified atom stereocenters. The van der Waals surface area contributed by atoms with Crippen LogP contribution in [0.15, 0.2) is 24.3 Å². The summed E-state index contributed by atoms with van der Waals surface area (Å²) in [6, 6.07) is 7.37. The average Bonchev–Trinajstić information content (AvgIpc) is 2.51. The fourth-order valence-electron chi connectivity index (χ4n) is 3.64. The number of halogens is 1. The van der Waals surface area contributed by atoms with Crippen LogP contribution in [0.2, 0.25) is 0 Å². The highest BCUT2D eigenvalue weighted by Gasteiger charge is 2.30. The fraction of sp³-hybridized carbons (Fsp3) is 0.647. The summed E-state index contributed by atoms with van der Waals surface area (Å²) in [4.78, 5) is 4.74. The molecule has 3 rings (SSSR count). The Hall–Kier alpha value is -0.970. The summed E-state index contributed by atoms with van der Waals surface area (Å²) in [6.45, 7) is 4.56. The van der Waals surface area contributed by atoms with Gasteiger partial charge in [0.1, 0.15) is 5.82 Å². The van der Waals surface area contributed by atoms with Gasteiger partial charge in [0.2, 0.25) is 0 Å². The van der Waals surface area contributed by atoms with Crippen molar-refractivity contribution in [3.05, 3.63) is 35.6 Å². The van der Waals surface area contributed by atoms with Crippen LogP contribution in [0.4, 0.5) is 4.39 Å². The number of hydrogen-bond donors (Lipinski definition) is 1. The molecule has 1 heterocycles. The van der Waals surface area contributed by atoms with Crippen molar-refractivity contribution in [3.8, 4) is 0 Å². The second kappa shape index (κ2) is 6.86. The Morgan fingerprint density at radius 2 is 1.76 bits per heavy atom. The Bertz CT molecular complexity index is 460. The number of aliphatic hydroxyl groups excluding tert-OH is 1. The number of rotatable bonds is 3. The molecular weight excluding hydrogens is 267 g/mol. The SMILES string of the molecule is OC1CCCCC1N1CCN(Cc2ccccc2F)CC1. The maximum Gasteiger partial charge on any atom is 0.127 e. The molecule has 1 saturated carbocycles. The topological polar surface area (TPSA) is 26.7 Å². The smallest absolute Gasteiger partial charge is 0.127 e. The van der Waals surface area contributed by atoms with Crippen LogP contribution in [0.1, 0.15) is 31.2 Å². The number of piperazine rings is 1. The molecule has 0 bridgehead atoms. The monoisotopic (exact) mass is 292 g/mol. The molecule has 2 fully saturated rings. The predicted octanol–water partition coefficient (Wildman–Crippen LogP) is 2.25. The van der Waals surface area contributed by atoms with Crippen molar-refractivity contribution < 1.29 is 9.50 Å². The number of benzene rings is 1. The van der Waals surface area contributed by atoms with Crippen LogP contribution in [0.25, 0.3) is 0 Å². The van der Waals surface area contributed by atoms with Gasteiger partial charge in [-0.05, 0) is 18.9 Å². The van der Waals surface area contributed by atoms with Gasteiger partial charge in [-0.15, -0.1) is 0 Å². The Kier molecular flexibility index (Phi) is 4.88. The van der Waals surface area contributed by atoms with Crippen LogP contribution in [-0.2, 0) is 6.54 Å². The fourth-order valence-corrected chi connectivity index (χ4v) is 3.64. The molecule has 0 amide bonds. The minimum Gasteiger partial charge on any atom is -0.391 e. The molecule has 4 heteroatoms. The molecule has 1 aliphatic carbocycles. The maximum atomic E-state index is 13.7. The van der Waals surface area contributed by atoms with Gasteiger partial charge in [0, 0.05) is 44.3 Å². The number of aliphatic hydroxyl groups is 1. The van der Waals surface area contributed by atoms with Gasteiger partial charge in [-0.3, -0.25) is 9.80 Å². The van der Waals surface area contributed by atoms with Crippen LogP contribution < -0.4 is 0 Å². The second-order valence-electron chi connectivity index (χ2n) is 6.32. The molecule has 21 heavy (non-hydrogen) atoms. The first-order valence-electron chi connectivity index (χ1n) is 8.12. The van der Waals surface area contributed by atoms with E-state index in [1.54, 1.807) is 6.07 Å². The second-order valence-corrected chi connectivity index (χ2v) is 6.32. The molecule has 116 valence electrons. The van der Waals surface area contributed by atoms with Crippen molar-refractivity contribution in [2.45, 2.75) is 44.4 Å². The van der Waals surface area contributed by atoms with Gasteiger partial charge in [0.25, 0.3) is 0 Å². The molecular formula is C17H25FN2O. The van der Waals surface area contributed by atoms with E-state index in [0.717, 1.165) is 51.0 Å². The highest BCUT2D eigenvalue weighted by atomic mass is 19.1. The van der Waals surface area contributed by atoms with Crippen LogP contribution in [0, 0.1) is 5.82 Å². The van der Waals surface area contributed by atoms with Gasteiger partial charge >= 0.3 is 0 Å². The lowest BCUT2D eigenvalue weighted by Crippen LogP contribution is -2.54. The molecule has 2 aliphatic rings. The molecule has 0 aromatic heterocycles. The van der Waals surface area contributed by atoms with Crippen molar-refractivity contribution in [2.75, 3.05) is 26.2 Å². The van der Waals surface area contributed by atoms with Crippen molar-refractivity contribution in [3.63, 3.8) is 0 Å². The van der Waals surface area contributed by atoms with E-state index in [0.29, 0.717) is 12.6 Å². The van der Waals surface area contributed by atoms with Crippen LogP contribution in [-0.4, -0.2) is 53.2 Å². The zero-order valence-electron chi connectivity index (χ0n) is 12.5. The van der Waals surface area contributed by atoms with E-state index in [9.17, 15) is 9.50 Å².